The number of nitrogens with zero attached hydrogens (tertiary/aromatic N) is 1. The highest BCUT2D eigenvalue weighted by Crippen LogP contribution is 2.17. The monoisotopic (exact) mass is 816 g/mol. The Morgan fingerprint density at radius 2 is 1.31 bits per heavy atom. The standard InChI is InChI=1S/C41H61BrN4O8/c1-29-15-17-31(18-16-29)28-52-37(49)33(44-39(51)45-34(38(50)54-41(5,6)7)23-24-36(48)53-40(2,3)4)13-10-12-26-46(35(47)14-9-8-11-25-43)27-30-19-21-32(42)22-20-30/h15-22,33-34H,8-14,23-28,43H2,1-7H3,(H2,44,45,51). The van der Waals surface area contributed by atoms with Crippen LogP contribution in [0.5, 0.6) is 0 Å². The highest BCUT2D eigenvalue weighted by molar-refractivity contribution is 9.10. The lowest BCUT2D eigenvalue weighted by Crippen LogP contribution is -2.52. The van der Waals surface area contributed by atoms with Crippen molar-refractivity contribution in [1.29, 1.82) is 0 Å². The molecule has 54 heavy (non-hydrogen) atoms. The van der Waals surface area contributed by atoms with Crippen molar-refractivity contribution in [3.05, 3.63) is 69.7 Å². The van der Waals surface area contributed by atoms with Crippen LogP contribution in [0.15, 0.2) is 53.0 Å². The van der Waals surface area contributed by atoms with Gasteiger partial charge in [-0.2, -0.15) is 0 Å². The molecule has 0 aliphatic heterocycles. The van der Waals surface area contributed by atoms with Gasteiger partial charge in [0.2, 0.25) is 5.91 Å². The van der Waals surface area contributed by atoms with E-state index >= 15 is 0 Å². The van der Waals surface area contributed by atoms with Gasteiger partial charge in [0.1, 0.15) is 29.9 Å². The van der Waals surface area contributed by atoms with E-state index in [2.05, 4.69) is 26.6 Å². The Labute approximate surface area is 329 Å². The second-order valence-electron chi connectivity index (χ2n) is 15.5. The molecule has 0 bridgehead atoms. The molecule has 300 valence electrons. The number of carbonyl (C=O) groups is 5. The average molecular weight is 818 g/mol. The molecule has 0 heterocycles. The number of ether oxygens (including phenoxy) is 3. The second kappa shape index (κ2) is 23.1. The first-order valence-electron chi connectivity index (χ1n) is 18.8. The Bertz CT molecular complexity index is 1490. The number of halogens is 1. The van der Waals surface area contributed by atoms with Gasteiger partial charge in [-0.3, -0.25) is 9.59 Å². The van der Waals surface area contributed by atoms with Crippen LogP contribution in [-0.4, -0.2) is 71.1 Å². The highest BCUT2D eigenvalue weighted by atomic mass is 79.9. The minimum atomic E-state index is -1.19. The van der Waals surface area contributed by atoms with Gasteiger partial charge in [-0.25, -0.2) is 14.4 Å². The van der Waals surface area contributed by atoms with Gasteiger partial charge in [-0.15, -0.1) is 0 Å². The molecule has 0 aromatic heterocycles. The van der Waals surface area contributed by atoms with E-state index in [1.807, 2.05) is 60.4 Å². The van der Waals surface area contributed by atoms with Crippen LogP contribution in [-0.2, 0) is 46.5 Å². The normalized spacial score (nSPS) is 12.6. The summed E-state index contributed by atoms with van der Waals surface area (Å²) < 4.78 is 17.5. The van der Waals surface area contributed by atoms with E-state index in [0.717, 1.165) is 40.4 Å². The summed E-state index contributed by atoms with van der Waals surface area (Å²) in [5.74, 6) is -1.85. The zero-order valence-electron chi connectivity index (χ0n) is 33.1. The summed E-state index contributed by atoms with van der Waals surface area (Å²) in [7, 11) is 0. The summed E-state index contributed by atoms with van der Waals surface area (Å²) in [6.07, 6.45) is 3.95. The Hall–Kier alpha value is -3.97. The number of carbonyl (C=O) groups excluding carboxylic acids is 5. The summed E-state index contributed by atoms with van der Waals surface area (Å²) in [6, 6.07) is 12.3. The van der Waals surface area contributed by atoms with Gasteiger partial charge in [0.15, 0.2) is 0 Å². The lowest BCUT2D eigenvalue weighted by molar-refractivity contribution is -0.158. The van der Waals surface area contributed by atoms with Crippen molar-refractivity contribution in [2.75, 3.05) is 13.1 Å². The third kappa shape index (κ3) is 19.9. The van der Waals surface area contributed by atoms with Gasteiger partial charge in [0.05, 0.1) is 0 Å². The largest absolute Gasteiger partial charge is 0.460 e. The van der Waals surface area contributed by atoms with Crippen LogP contribution in [0.3, 0.4) is 0 Å². The topological polar surface area (TPSA) is 166 Å². The van der Waals surface area contributed by atoms with Crippen molar-refractivity contribution >= 4 is 45.8 Å². The van der Waals surface area contributed by atoms with Gasteiger partial charge in [-0.1, -0.05) is 64.3 Å². The molecule has 2 atom stereocenters. The third-order valence-electron chi connectivity index (χ3n) is 8.05. The van der Waals surface area contributed by atoms with Crippen LogP contribution in [0.4, 0.5) is 4.79 Å². The van der Waals surface area contributed by atoms with Crippen LogP contribution in [0, 0.1) is 6.92 Å². The molecule has 12 nitrogen and oxygen atoms in total. The summed E-state index contributed by atoms with van der Waals surface area (Å²) in [4.78, 5) is 67.6. The fourth-order valence-electron chi connectivity index (χ4n) is 5.33. The minimum absolute atomic E-state index is 0.00889. The fraction of sp³-hybridized carbons (Fsp3) is 0.585. The molecule has 2 aromatic rings. The Balaban J connectivity index is 2.17. The molecule has 0 aliphatic carbocycles. The molecule has 2 rings (SSSR count). The summed E-state index contributed by atoms with van der Waals surface area (Å²) in [5, 5.41) is 5.29. The van der Waals surface area contributed by atoms with Crippen LogP contribution in [0.2, 0.25) is 0 Å². The molecule has 0 spiro atoms. The number of hydrogen-bond donors (Lipinski definition) is 3. The van der Waals surface area contributed by atoms with E-state index in [1.165, 1.54) is 0 Å². The van der Waals surface area contributed by atoms with Crippen LogP contribution < -0.4 is 16.4 Å². The van der Waals surface area contributed by atoms with Crippen LogP contribution in [0.25, 0.3) is 0 Å². The zero-order chi connectivity index (χ0) is 40.3. The Morgan fingerprint density at radius 3 is 1.91 bits per heavy atom. The van der Waals surface area contributed by atoms with Crippen molar-refractivity contribution in [3.8, 4) is 0 Å². The van der Waals surface area contributed by atoms with E-state index < -0.39 is 47.2 Å². The lowest BCUT2D eigenvalue weighted by atomic mass is 10.1. The Morgan fingerprint density at radius 1 is 0.722 bits per heavy atom. The number of nitrogens with two attached hydrogens (primary N) is 1. The minimum Gasteiger partial charge on any atom is -0.460 e. The predicted molar refractivity (Wildman–Crippen MR) is 212 cm³/mol. The third-order valence-corrected chi connectivity index (χ3v) is 8.58. The summed E-state index contributed by atoms with van der Waals surface area (Å²) in [6.45, 7) is 13.8. The first kappa shape index (κ1) is 46.2. The number of rotatable bonds is 21. The molecule has 0 saturated carbocycles. The summed E-state index contributed by atoms with van der Waals surface area (Å²) >= 11 is 3.46. The molecular formula is C41H61BrN4O8. The lowest BCUT2D eigenvalue weighted by Gasteiger charge is -2.26. The van der Waals surface area contributed by atoms with E-state index in [-0.39, 0.29) is 31.8 Å². The quantitative estimate of drug-likeness (QED) is 0.0682. The van der Waals surface area contributed by atoms with E-state index in [1.54, 1.807) is 41.5 Å². The molecule has 2 unspecified atom stereocenters. The maximum Gasteiger partial charge on any atom is 0.329 e. The number of benzene rings is 2. The van der Waals surface area contributed by atoms with Gasteiger partial charge < -0.3 is 35.5 Å². The number of urea groups is 1. The molecule has 0 aliphatic rings. The maximum atomic E-state index is 13.5. The molecule has 0 saturated heterocycles. The number of hydrogen-bond acceptors (Lipinski definition) is 9. The summed E-state index contributed by atoms with van der Waals surface area (Å²) in [5.41, 5.74) is 6.92. The molecule has 0 fully saturated rings. The van der Waals surface area contributed by atoms with E-state index in [4.69, 9.17) is 19.9 Å². The average Bonchev–Trinajstić information content (AvgIpc) is 3.08. The number of aryl methyl sites for hydroxylation is 1. The number of unbranched alkanes of at least 4 members (excludes halogenated alkanes) is 3. The van der Waals surface area contributed by atoms with Crippen LogP contribution >= 0.6 is 15.9 Å². The van der Waals surface area contributed by atoms with Crippen molar-refractivity contribution in [3.63, 3.8) is 0 Å². The van der Waals surface area contributed by atoms with E-state index in [0.29, 0.717) is 38.9 Å². The maximum absolute atomic E-state index is 13.5. The van der Waals surface area contributed by atoms with Crippen molar-refractivity contribution in [2.45, 2.75) is 143 Å². The van der Waals surface area contributed by atoms with Gasteiger partial charge in [0, 0.05) is 30.4 Å². The first-order chi connectivity index (χ1) is 25.3. The van der Waals surface area contributed by atoms with Crippen molar-refractivity contribution < 1.29 is 38.2 Å². The molecule has 2 aromatic carbocycles. The molecule has 3 amide bonds. The molecule has 13 heteroatoms. The molecule has 4 N–H and O–H groups in total. The number of amides is 3. The van der Waals surface area contributed by atoms with Gasteiger partial charge >= 0.3 is 23.9 Å². The smallest absolute Gasteiger partial charge is 0.329 e. The predicted octanol–water partition coefficient (Wildman–Crippen LogP) is 7.02. The highest BCUT2D eigenvalue weighted by Gasteiger charge is 2.30. The fourth-order valence-corrected chi connectivity index (χ4v) is 5.60. The van der Waals surface area contributed by atoms with Crippen molar-refractivity contribution in [1.82, 2.24) is 15.5 Å². The van der Waals surface area contributed by atoms with Gasteiger partial charge in [0.25, 0.3) is 0 Å². The van der Waals surface area contributed by atoms with Crippen molar-refractivity contribution in [2.24, 2.45) is 5.73 Å². The van der Waals surface area contributed by atoms with Gasteiger partial charge in [-0.05, 0) is 117 Å². The second-order valence-corrected chi connectivity index (χ2v) is 16.4. The Kier molecular flexibility index (Phi) is 19.7. The van der Waals surface area contributed by atoms with E-state index in [9.17, 15) is 24.0 Å². The number of esters is 3. The molecular weight excluding hydrogens is 756 g/mol. The number of nitrogens with one attached hydrogen (secondary N) is 2. The first-order valence-corrected chi connectivity index (χ1v) is 19.6. The molecule has 0 radical (unpaired) electrons. The SMILES string of the molecule is Cc1ccc(COC(=O)C(CCCCN(Cc2ccc(Br)cc2)C(=O)CCCCCN)NC(=O)NC(CCC(=O)OC(C)(C)C)C(=O)OC(C)(C)C)cc1. The zero-order valence-corrected chi connectivity index (χ0v) is 34.7. The van der Waals surface area contributed by atoms with Crippen LogP contribution in [0.1, 0.15) is 116 Å².